The number of nitrogens with zero attached hydrogens (tertiary/aromatic N) is 2. The molecule has 0 aromatic rings. The van der Waals surface area contributed by atoms with Crippen LogP contribution < -0.4 is 5.32 Å². The smallest absolute Gasteiger partial charge is 0.410 e. The Kier molecular flexibility index (Phi) is 6.08. The van der Waals surface area contributed by atoms with Crippen LogP contribution in [0.15, 0.2) is 18.4 Å². The number of piperidine rings is 1. The molecule has 0 aliphatic carbocycles. The third kappa shape index (κ3) is 5.39. The van der Waals surface area contributed by atoms with E-state index < -0.39 is 5.60 Å². The van der Waals surface area contributed by atoms with E-state index in [0.717, 1.165) is 39.0 Å². The first-order valence-corrected chi connectivity index (χ1v) is 8.64. The van der Waals surface area contributed by atoms with Crippen LogP contribution in [0.3, 0.4) is 0 Å². The van der Waals surface area contributed by atoms with Gasteiger partial charge in [0.2, 0.25) is 0 Å². The Morgan fingerprint density at radius 2 is 1.92 bits per heavy atom. The second-order valence-corrected chi connectivity index (χ2v) is 7.61. The average Bonchev–Trinajstić information content (AvgIpc) is 2.43. The molecular formula is C18H29N3O3. The van der Waals surface area contributed by atoms with E-state index in [-0.39, 0.29) is 12.0 Å². The summed E-state index contributed by atoms with van der Waals surface area (Å²) in [5, 5.41) is 2.88. The van der Waals surface area contributed by atoms with E-state index in [2.05, 4.69) is 22.5 Å². The first kappa shape index (κ1) is 18.6. The summed E-state index contributed by atoms with van der Waals surface area (Å²) in [5.74, 6) is 0.393. The van der Waals surface area contributed by atoms with Crippen molar-refractivity contribution in [3.63, 3.8) is 0 Å². The van der Waals surface area contributed by atoms with Crippen molar-refractivity contribution >= 4 is 12.0 Å². The molecule has 2 aliphatic heterocycles. The SMILES string of the molecule is C=C=CC(=O)NCC1CCN(C2CN(C(=O)OC(C)(C)C)C2)CC1. The molecule has 0 radical (unpaired) electrons. The van der Waals surface area contributed by atoms with Crippen LogP contribution in [-0.2, 0) is 9.53 Å². The van der Waals surface area contributed by atoms with Gasteiger partial charge in [0.1, 0.15) is 5.60 Å². The molecule has 0 atom stereocenters. The highest BCUT2D eigenvalue weighted by molar-refractivity contribution is 5.87. The number of carbonyl (C=O) groups is 2. The monoisotopic (exact) mass is 335 g/mol. The van der Waals surface area contributed by atoms with E-state index >= 15 is 0 Å². The standard InChI is InChI=1S/C18H29N3O3/c1-5-6-16(22)19-11-14-7-9-20(10-8-14)15-12-21(13-15)17(23)24-18(2,3)4/h6,14-15H,1,7-13H2,2-4H3,(H,19,22). The molecule has 6 nitrogen and oxygen atoms in total. The summed E-state index contributed by atoms with van der Waals surface area (Å²) in [6.45, 7) is 13.3. The number of amides is 2. The summed E-state index contributed by atoms with van der Waals surface area (Å²) in [6.07, 6.45) is 3.25. The van der Waals surface area contributed by atoms with Crippen molar-refractivity contribution < 1.29 is 14.3 Å². The number of hydrogen-bond acceptors (Lipinski definition) is 4. The van der Waals surface area contributed by atoms with Crippen molar-refractivity contribution in [2.75, 3.05) is 32.7 Å². The van der Waals surface area contributed by atoms with Crippen molar-refractivity contribution in [1.82, 2.24) is 15.1 Å². The van der Waals surface area contributed by atoms with Gasteiger partial charge in [-0.05, 0) is 52.6 Å². The molecule has 2 heterocycles. The highest BCUT2D eigenvalue weighted by Crippen LogP contribution is 2.24. The highest BCUT2D eigenvalue weighted by Gasteiger charge is 2.38. The maximum Gasteiger partial charge on any atom is 0.410 e. The maximum atomic E-state index is 12.0. The fraction of sp³-hybridized carbons (Fsp3) is 0.722. The van der Waals surface area contributed by atoms with Crippen LogP contribution in [-0.4, -0.2) is 66.2 Å². The number of rotatable bonds is 4. The second-order valence-electron chi connectivity index (χ2n) is 7.61. The van der Waals surface area contributed by atoms with Gasteiger partial charge >= 0.3 is 6.09 Å². The number of nitrogens with one attached hydrogen (secondary N) is 1. The molecule has 24 heavy (non-hydrogen) atoms. The zero-order valence-electron chi connectivity index (χ0n) is 15.0. The van der Waals surface area contributed by atoms with Crippen LogP contribution in [0.5, 0.6) is 0 Å². The van der Waals surface area contributed by atoms with Crippen LogP contribution in [0.4, 0.5) is 4.79 Å². The Hall–Kier alpha value is -1.78. The maximum absolute atomic E-state index is 12.0. The number of carbonyl (C=O) groups excluding carboxylic acids is 2. The second kappa shape index (κ2) is 7.86. The Balaban J connectivity index is 1.65. The molecule has 2 amide bonds. The third-order valence-electron chi connectivity index (χ3n) is 4.48. The number of ether oxygens (including phenoxy) is 1. The molecule has 2 aliphatic rings. The van der Waals surface area contributed by atoms with Crippen molar-refractivity contribution in [2.24, 2.45) is 5.92 Å². The normalized spacial score (nSPS) is 20.0. The van der Waals surface area contributed by atoms with Gasteiger partial charge < -0.3 is 15.0 Å². The minimum absolute atomic E-state index is 0.126. The zero-order valence-corrected chi connectivity index (χ0v) is 15.0. The van der Waals surface area contributed by atoms with Crippen molar-refractivity contribution in [1.29, 1.82) is 0 Å². The van der Waals surface area contributed by atoms with Gasteiger partial charge in [0.25, 0.3) is 5.91 Å². The Morgan fingerprint density at radius 3 is 2.46 bits per heavy atom. The predicted molar refractivity (Wildman–Crippen MR) is 92.6 cm³/mol. The lowest BCUT2D eigenvalue weighted by Gasteiger charge is -2.47. The molecule has 6 heteroatoms. The Bertz CT molecular complexity index is 506. The van der Waals surface area contributed by atoms with Crippen molar-refractivity contribution in [3.05, 3.63) is 18.4 Å². The van der Waals surface area contributed by atoms with Crippen molar-refractivity contribution in [2.45, 2.75) is 45.3 Å². The first-order chi connectivity index (χ1) is 11.3. The molecule has 2 saturated heterocycles. The van der Waals surface area contributed by atoms with Crippen LogP contribution >= 0.6 is 0 Å². The molecule has 1 N–H and O–H groups in total. The molecule has 134 valence electrons. The summed E-state index contributed by atoms with van der Waals surface area (Å²) in [4.78, 5) is 27.6. The summed E-state index contributed by atoms with van der Waals surface area (Å²) >= 11 is 0. The van der Waals surface area contributed by atoms with Crippen molar-refractivity contribution in [3.8, 4) is 0 Å². The molecule has 0 aromatic carbocycles. The summed E-state index contributed by atoms with van der Waals surface area (Å²) in [7, 11) is 0. The van der Waals surface area contributed by atoms with Gasteiger partial charge in [0.05, 0.1) is 0 Å². The van der Waals surface area contributed by atoms with Crippen LogP contribution in [0.2, 0.25) is 0 Å². The lowest BCUT2D eigenvalue weighted by molar-refractivity contribution is -0.116. The predicted octanol–water partition coefficient (Wildman–Crippen LogP) is 1.77. The lowest BCUT2D eigenvalue weighted by atomic mass is 9.94. The molecule has 0 aromatic heterocycles. The van der Waals surface area contributed by atoms with Gasteiger partial charge in [-0.15, -0.1) is 5.73 Å². The number of likely N-dealkylation sites (tertiary alicyclic amines) is 2. The van der Waals surface area contributed by atoms with E-state index in [9.17, 15) is 9.59 Å². The van der Waals surface area contributed by atoms with Gasteiger partial charge in [-0.1, -0.05) is 6.58 Å². The molecule has 2 rings (SSSR count). The van der Waals surface area contributed by atoms with Crippen LogP contribution in [0.1, 0.15) is 33.6 Å². The highest BCUT2D eigenvalue weighted by atomic mass is 16.6. The average molecular weight is 335 g/mol. The Morgan fingerprint density at radius 1 is 1.29 bits per heavy atom. The minimum atomic E-state index is -0.439. The zero-order chi connectivity index (χ0) is 17.7. The van der Waals surface area contributed by atoms with E-state index in [0.29, 0.717) is 18.5 Å². The Labute approximate surface area is 144 Å². The van der Waals surface area contributed by atoms with E-state index in [1.807, 2.05) is 20.8 Å². The molecule has 0 unspecified atom stereocenters. The third-order valence-corrected chi connectivity index (χ3v) is 4.48. The topological polar surface area (TPSA) is 61.9 Å². The van der Waals surface area contributed by atoms with Gasteiger partial charge in [-0.25, -0.2) is 4.79 Å². The van der Waals surface area contributed by atoms with Gasteiger partial charge in [-0.3, -0.25) is 9.69 Å². The number of hydrogen-bond donors (Lipinski definition) is 1. The fourth-order valence-electron chi connectivity index (χ4n) is 3.07. The summed E-state index contributed by atoms with van der Waals surface area (Å²) in [5.41, 5.74) is 2.04. The van der Waals surface area contributed by atoms with Gasteiger partial charge in [0.15, 0.2) is 0 Å². The fourth-order valence-corrected chi connectivity index (χ4v) is 3.07. The molecule has 0 saturated carbocycles. The van der Waals surface area contributed by atoms with Crippen LogP contribution in [0.25, 0.3) is 0 Å². The first-order valence-electron chi connectivity index (χ1n) is 8.64. The summed E-state index contributed by atoms with van der Waals surface area (Å²) in [6, 6.07) is 0.441. The molecule has 2 fully saturated rings. The minimum Gasteiger partial charge on any atom is -0.444 e. The molecule has 0 spiro atoms. The van der Waals surface area contributed by atoms with Crippen LogP contribution in [0, 0.1) is 5.92 Å². The largest absolute Gasteiger partial charge is 0.444 e. The van der Waals surface area contributed by atoms with Gasteiger partial charge in [-0.2, -0.15) is 0 Å². The van der Waals surface area contributed by atoms with Gasteiger partial charge in [0, 0.05) is 31.8 Å². The summed E-state index contributed by atoms with van der Waals surface area (Å²) < 4.78 is 5.38. The molecule has 0 bridgehead atoms. The van der Waals surface area contributed by atoms with E-state index in [1.54, 1.807) is 4.90 Å². The van der Waals surface area contributed by atoms with E-state index in [1.165, 1.54) is 6.08 Å². The molecular weight excluding hydrogens is 306 g/mol. The quantitative estimate of drug-likeness (QED) is 0.628. The lowest BCUT2D eigenvalue weighted by Crippen LogP contribution is -2.62. The van der Waals surface area contributed by atoms with E-state index in [4.69, 9.17) is 4.74 Å².